The third kappa shape index (κ3) is 4.88. The minimum absolute atomic E-state index is 0.146. The van der Waals surface area contributed by atoms with Crippen molar-refractivity contribution in [3.8, 4) is 5.75 Å². The zero-order valence-corrected chi connectivity index (χ0v) is 17.1. The standard InChI is InChI=1S/C23H27NO5/c1-4-27-21(25)16-28-20-12-8-9-18(15-20)17(2)24-14-13-23(3,29-22(24)26)19-10-6-5-7-11-19/h5-12,15,17H,4,13-14,16H2,1-3H3/t17-,23+/m0/s1. The molecule has 6 heteroatoms. The fourth-order valence-corrected chi connectivity index (χ4v) is 3.46. The third-order valence-electron chi connectivity index (χ3n) is 5.23. The number of carbonyl (C=O) groups is 2. The normalized spacial score (nSPS) is 20.0. The largest absolute Gasteiger partial charge is 0.482 e. The average molecular weight is 397 g/mol. The van der Waals surface area contributed by atoms with E-state index in [-0.39, 0.29) is 18.7 Å². The summed E-state index contributed by atoms with van der Waals surface area (Å²) in [6.07, 6.45) is 0.361. The van der Waals surface area contributed by atoms with Gasteiger partial charge in [0.05, 0.1) is 12.6 Å². The summed E-state index contributed by atoms with van der Waals surface area (Å²) in [5.74, 6) is 0.146. The van der Waals surface area contributed by atoms with Gasteiger partial charge in [0.15, 0.2) is 6.61 Å². The van der Waals surface area contributed by atoms with Crippen molar-refractivity contribution in [1.29, 1.82) is 0 Å². The summed E-state index contributed by atoms with van der Waals surface area (Å²) in [5.41, 5.74) is 1.28. The molecule has 154 valence electrons. The summed E-state index contributed by atoms with van der Waals surface area (Å²) in [7, 11) is 0. The number of ether oxygens (including phenoxy) is 3. The molecule has 1 heterocycles. The Balaban J connectivity index is 1.67. The Hall–Kier alpha value is -3.02. The van der Waals surface area contributed by atoms with Crippen LogP contribution in [0.5, 0.6) is 5.75 Å². The quantitative estimate of drug-likeness (QED) is 0.646. The van der Waals surface area contributed by atoms with Gasteiger partial charge in [-0.15, -0.1) is 0 Å². The molecule has 1 fully saturated rings. The number of cyclic esters (lactones) is 1. The van der Waals surface area contributed by atoms with Gasteiger partial charge in [-0.1, -0.05) is 42.5 Å². The van der Waals surface area contributed by atoms with Gasteiger partial charge in [-0.3, -0.25) is 0 Å². The first-order valence-electron chi connectivity index (χ1n) is 9.86. The van der Waals surface area contributed by atoms with E-state index in [0.29, 0.717) is 25.3 Å². The van der Waals surface area contributed by atoms with Gasteiger partial charge < -0.3 is 19.1 Å². The molecule has 1 aliphatic rings. The van der Waals surface area contributed by atoms with Crippen LogP contribution in [0, 0.1) is 0 Å². The molecule has 0 N–H and O–H groups in total. The molecule has 3 rings (SSSR count). The molecule has 0 radical (unpaired) electrons. The van der Waals surface area contributed by atoms with Crippen molar-refractivity contribution in [2.45, 2.75) is 38.8 Å². The van der Waals surface area contributed by atoms with Crippen LogP contribution in [-0.2, 0) is 19.9 Å². The van der Waals surface area contributed by atoms with E-state index in [1.165, 1.54) is 0 Å². The number of hydrogen-bond donors (Lipinski definition) is 0. The third-order valence-corrected chi connectivity index (χ3v) is 5.23. The lowest BCUT2D eigenvalue weighted by atomic mass is 9.90. The minimum Gasteiger partial charge on any atom is -0.482 e. The van der Waals surface area contributed by atoms with Crippen molar-refractivity contribution < 1.29 is 23.8 Å². The summed E-state index contributed by atoms with van der Waals surface area (Å²) >= 11 is 0. The lowest BCUT2D eigenvalue weighted by Gasteiger charge is -2.41. The lowest BCUT2D eigenvalue weighted by molar-refractivity contribution is -0.145. The van der Waals surface area contributed by atoms with E-state index in [0.717, 1.165) is 11.1 Å². The zero-order valence-electron chi connectivity index (χ0n) is 17.1. The first-order valence-corrected chi connectivity index (χ1v) is 9.86. The van der Waals surface area contributed by atoms with Gasteiger partial charge >= 0.3 is 12.1 Å². The van der Waals surface area contributed by atoms with E-state index in [9.17, 15) is 9.59 Å². The molecule has 0 unspecified atom stereocenters. The molecule has 1 amide bonds. The predicted molar refractivity (Wildman–Crippen MR) is 109 cm³/mol. The second-order valence-corrected chi connectivity index (χ2v) is 7.25. The summed E-state index contributed by atoms with van der Waals surface area (Å²) in [6.45, 7) is 6.41. The number of nitrogens with zero attached hydrogens (tertiary/aromatic N) is 1. The fraction of sp³-hybridized carbons (Fsp3) is 0.391. The van der Waals surface area contributed by atoms with Gasteiger partial charge in [0, 0.05) is 13.0 Å². The van der Waals surface area contributed by atoms with Crippen LogP contribution in [0.1, 0.15) is 44.4 Å². The van der Waals surface area contributed by atoms with E-state index in [4.69, 9.17) is 14.2 Å². The second-order valence-electron chi connectivity index (χ2n) is 7.25. The van der Waals surface area contributed by atoms with Crippen LogP contribution < -0.4 is 4.74 Å². The molecule has 29 heavy (non-hydrogen) atoms. The van der Waals surface area contributed by atoms with Gasteiger partial charge in [0.1, 0.15) is 11.4 Å². The maximum absolute atomic E-state index is 12.8. The zero-order chi connectivity index (χ0) is 20.9. The molecule has 2 aromatic carbocycles. The highest BCUT2D eigenvalue weighted by Crippen LogP contribution is 2.36. The molecule has 0 spiro atoms. The first kappa shape index (κ1) is 20.7. The number of esters is 1. The number of carbonyl (C=O) groups excluding carboxylic acids is 2. The predicted octanol–water partition coefficient (Wildman–Crippen LogP) is 4.45. The maximum atomic E-state index is 12.8. The van der Waals surface area contributed by atoms with Crippen molar-refractivity contribution in [3.63, 3.8) is 0 Å². The summed E-state index contributed by atoms with van der Waals surface area (Å²) in [5, 5.41) is 0. The number of amides is 1. The molecule has 1 aliphatic heterocycles. The van der Waals surface area contributed by atoms with Crippen molar-refractivity contribution in [2.24, 2.45) is 0 Å². The Labute approximate surface area is 171 Å². The van der Waals surface area contributed by atoms with Crippen LogP contribution in [0.15, 0.2) is 54.6 Å². The van der Waals surface area contributed by atoms with Crippen molar-refractivity contribution >= 4 is 12.1 Å². The Kier molecular flexibility index (Phi) is 6.42. The molecule has 0 bridgehead atoms. The molecule has 2 atom stereocenters. The van der Waals surface area contributed by atoms with E-state index in [1.807, 2.05) is 62.4 Å². The Bertz CT molecular complexity index is 853. The maximum Gasteiger partial charge on any atom is 0.411 e. The van der Waals surface area contributed by atoms with E-state index in [2.05, 4.69) is 0 Å². The van der Waals surface area contributed by atoms with Crippen molar-refractivity contribution in [3.05, 3.63) is 65.7 Å². The van der Waals surface area contributed by atoms with Gasteiger partial charge in [-0.2, -0.15) is 0 Å². The SMILES string of the molecule is CCOC(=O)COc1cccc([C@H](C)N2CC[C@](C)(c3ccccc3)OC2=O)c1. The van der Waals surface area contributed by atoms with E-state index in [1.54, 1.807) is 17.9 Å². The Morgan fingerprint density at radius 1 is 1.21 bits per heavy atom. The highest BCUT2D eigenvalue weighted by Gasteiger charge is 2.39. The van der Waals surface area contributed by atoms with Gasteiger partial charge in [-0.25, -0.2) is 9.59 Å². The minimum atomic E-state index is -0.626. The monoisotopic (exact) mass is 397 g/mol. The highest BCUT2D eigenvalue weighted by molar-refractivity contribution is 5.71. The topological polar surface area (TPSA) is 65.1 Å². The average Bonchev–Trinajstić information content (AvgIpc) is 2.73. The number of hydrogen-bond acceptors (Lipinski definition) is 5. The van der Waals surface area contributed by atoms with Crippen LogP contribution in [0.4, 0.5) is 4.79 Å². The molecule has 2 aromatic rings. The van der Waals surface area contributed by atoms with Crippen LogP contribution in [-0.4, -0.2) is 36.7 Å². The lowest BCUT2D eigenvalue weighted by Crippen LogP contribution is -2.47. The molecular formula is C23H27NO5. The molecule has 1 saturated heterocycles. The van der Waals surface area contributed by atoms with Crippen LogP contribution in [0.25, 0.3) is 0 Å². The second kappa shape index (κ2) is 8.99. The highest BCUT2D eigenvalue weighted by atomic mass is 16.6. The van der Waals surface area contributed by atoms with Crippen molar-refractivity contribution in [2.75, 3.05) is 19.8 Å². The van der Waals surface area contributed by atoms with E-state index >= 15 is 0 Å². The van der Waals surface area contributed by atoms with Crippen LogP contribution in [0.2, 0.25) is 0 Å². The molecule has 6 nitrogen and oxygen atoms in total. The Morgan fingerprint density at radius 2 is 1.97 bits per heavy atom. The Morgan fingerprint density at radius 3 is 2.66 bits per heavy atom. The van der Waals surface area contributed by atoms with Crippen LogP contribution >= 0.6 is 0 Å². The van der Waals surface area contributed by atoms with Gasteiger partial charge in [0.25, 0.3) is 0 Å². The summed E-state index contributed by atoms with van der Waals surface area (Å²) in [6, 6.07) is 17.0. The van der Waals surface area contributed by atoms with Crippen LogP contribution in [0.3, 0.4) is 0 Å². The van der Waals surface area contributed by atoms with Gasteiger partial charge in [-0.05, 0) is 44.0 Å². The molecule has 0 saturated carbocycles. The molecular weight excluding hydrogens is 370 g/mol. The summed E-state index contributed by atoms with van der Waals surface area (Å²) in [4.78, 5) is 26.0. The molecule has 0 aromatic heterocycles. The van der Waals surface area contributed by atoms with E-state index < -0.39 is 11.6 Å². The first-order chi connectivity index (χ1) is 13.9. The fourth-order valence-electron chi connectivity index (χ4n) is 3.46. The number of benzene rings is 2. The van der Waals surface area contributed by atoms with Crippen molar-refractivity contribution in [1.82, 2.24) is 4.90 Å². The van der Waals surface area contributed by atoms with Gasteiger partial charge in [0.2, 0.25) is 0 Å². The molecule has 0 aliphatic carbocycles. The smallest absolute Gasteiger partial charge is 0.411 e. The number of rotatable bonds is 7. The summed E-state index contributed by atoms with van der Waals surface area (Å²) < 4.78 is 16.2.